The third-order valence-electron chi connectivity index (χ3n) is 2.82. The van der Waals surface area contributed by atoms with E-state index >= 15 is 0 Å². The second-order valence-electron chi connectivity index (χ2n) is 4.36. The van der Waals surface area contributed by atoms with Crippen molar-refractivity contribution >= 4 is 5.82 Å². The zero-order valence-electron chi connectivity index (χ0n) is 11.0. The van der Waals surface area contributed by atoms with Gasteiger partial charge in [0.2, 0.25) is 0 Å². The fourth-order valence-corrected chi connectivity index (χ4v) is 1.92. The van der Waals surface area contributed by atoms with Crippen LogP contribution in [0.4, 0.5) is 5.82 Å². The summed E-state index contributed by atoms with van der Waals surface area (Å²) in [5.41, 5.74) is 8.32. The number of rotatable bonds is 2. The highest BCUT2D eigenvalue weighted by atomic mass is 15.0. The summed E-state index contributed by atoms with van der Waals surface area (Å²) in [6, 6.07) is 13.4. The lowest BCUT2D eigenvalue weighted by Crippen LogP contribution is -2.00. The van der Waals surface area contributed by atoms with Crippen LogP contribution in [0.2, 0.25) is 0 Å². The Morgan fingerprint density at radius 2 is 1.70 bits per heavy atom. The molecule has 0 bridgehead atoms. The van der Waals surface area contributed by atoms with Crippen LogP contribution in [0.3, 0.4) is 0 Å². The second kappa shape index (κ2) is 5.05. The molecule has 0 aliphatic carbocycles. The van der Waals surface area contributed by atoms with E-state index in [1.807, 2.05) is 37.3 Å². The van der Waals surface area contributed by atoms with Crippen molar-refractivity contribution in [3.05, 3.63) is 54.5 Å². The molecule has 20 heavy (non-hydrogen) atoms. The number of hydrogen-bond donors (Lipinski definition) is 1. The third kappa shape index (κ3) is 2.47. The Morgan fingerprint density at radius 1 is 0.900 bits per heavy atom. The number of nitrogens with zero attached hydrogens (tertiary/aromatic N) is 4. The molecule has 0 aliphatic heterocycles. The number of anilines is 1. The largest absolute Gasteiger partial charge is 0.384 e. The number of aromatic nitrogens is 4. The molecule has 0 amide bonds. The van der Waals surface area contributed by atoms with Crippen molar-refractivity contribution in [2.45, 2.75) is 6.92 Å². The molecule has 0 saturated heterocycles. The summed E-state index contributed by atoms with van der Waals surface area (Å²) < 4.78 is 0. The number of hydrogen-bond acceptors (Lipinski definition) is 5. The molecule has 0 fully saturated rings. The molecule has 5 nitrogen and oxygen atoms in total. The van der Waals surface area contributed by atoms with Gasteiger partial charge in [0.25, 0.3) is 0 Å². The predicted molar refractivity (Wildman–Crippen MR) is 77.6 cm³/mol. The first-order valence-corrected chi connectivity index (χ1v) is 6.22. The fourth-order valence-electron chi connectivity index (χ4n) is 1.92. The molecule has 0 atom stereocenters. The summed E-state index contributed by atoms with van der Waals surface area (Å²) in [6.07, 6.45) is 1.69. The van der Waals surface area contributed by atoms with Crippen molar-refractivity contribution in [2.75, 3.05) is 5.73 Å². The van der Waals surface area contributed by atoms with E-state index in [-0.39, 0.29) is 0 Å². The zero-order chi connectivity index (χ0) is 13.9. The minimum absolute atomic E-state index is 0.421. The third-order valence-corrected chi connectivity index (χ3v) is 2.82. The molecular formula is C15H13N5. The molecular weight excluding hydrogens is 250 g/mol. The van der Waals surface area contributed by atoms with Crippen LogP contribution < -0.4 is 5.73 Å². The van der Waals surface area contributed by atoms with E-state index in [0.717, 1.165) is 11.3 Å². The molecule has 2 N–H and O–H groups in total. The van der Waals surface area contributed by atoms with E-state index in [1.165, 1.54) is 0 Å². The highest BCUT2D eigenvalue weighted by Crippen LogP contribution is 2.21. The average Bonchev–Trinajstić information content (AvgIpc) is 2.47. The summed E-state index contributed by atoms with van der Waals surface area (Å²) in [4.78, 5) is 17.2. The molecule has 0 radical (unpaired) electrons. The van der Waals surface area contributed by atoms with Crippen molar-refractivity contribution in [3.8, 4) is 22.8 Å². The first-order chi connectivity index (χ1) is 9.72. The Bertz CT molecular complexity index is 740. The molecule has 3 rings (SSSR count). The molecule has 0 unspecified atom stereocenters. The molecule has 2 aromatic heterocycles. The Labute approximate surface area is 116 Å². The zero-order valence-corrected chi connectivity index (χ0v) is 11.0. The van der Waals surface area contributed by atoms with Gasteiger partial charge in [0.1, 0.15) is 17.3 Å². The van der Waals surface area contributed by atoms with Crippen LogP contribution in [0.1, 0.15) is 5.82 Å². The van der Waals surface area contributed by atoms with Crippen LogP contribution in [0, 0.1) is 6.92 Å². The monoisotopic (exact) mass is 263 g/mol. The maximum absolute atomic E-state index is 5.88. The number of benzene rings is 1. The summed E-state index contributed by atoms with van der Waals surface area (Å²) in [5, 5.41) is 0. The van der Waals surface area contributed by atoms with Crippen molar-refractivity contribution < 1.29 is 0 Å². The molecule has 0 saturated carbocycles. The first-order valence-electron chi connectivity index (χ1n) is 6.22. The Kier molecular flexibility index (Phi) is 3.09. The first kappa shape index (κ1) is 12.2. The maximum Gasteiger partial charge on any atom is 0.180 e. The van der Waals surface area contributed by atoms with Gasteiger partial charge in [0.05, 0.1) is 5.69 Å². The highest BCUT2D eigenvalue weighted by Gasteiger charge is 2.08. The number of nitrogen functional groups attached to an aromatic ring is 1. The Balaban J connectivity index is 2.12. The Hall–Kier alpha value is -2.82. The minimum Gasteiger partial charge on any atom is -0.384 e. The summed E-state index contributed by atoms with van der Waals surface area (Å²) in [5.74, 6) is 1.61. The van der Waals surface area contributed by atoms with E-state index in [9.17, 15) is 0 Å². The van der Waals surface area contributed by atoms with Gasteiger partial charge in [0.15, 0.2) is 5.82 Å². The highest BCUT2D eigenvalue weighted by molar-refractivity contribution is 5.65. The number of nitrogens with two attached hydrogens (primary N) is 1. The van der Waals surface area contributed by atoms with Gasteiger partial charge in [-0.3, -0.25) is 0 Å². The van der Waals surface area contributed by atoms with E-state index in [2.05, 4.69) is 19.9 Å². The number of aryl methyl sites for hydroxylation is 1. The van der Waals surface area contributed by atoms with Crippen LogP contribution in [-0.2, 0) is 0 Å². The topological polar surface area (TPSA) is 77.6 Å². The van der Waals surface area contributed by atoms with Crippen molar-refractivity contribution in [3.63, 3.8) is 0 Å². The van der Waals surface area contributed by atoms with Gasteiger partial charge < -0.3 is 5.73 Å². The van der Waals surface area contributed by atoms with E-state index < -0.39 is 0 Å². The van der Waals surface area contributed by atoms with Crippen molar-refractivity contribution in [2.24, 2.45) is 0 Å². The average molecular weight is 263 g/mol. The van der Waals surface area contributed by atoms with Gasteiger partial charge in [-0.25, -0.2) is 19.9 Å². The molecule has 98 valence electrons. The quantitative estimate of drug-likeness (QED) is 0.768. The van der Waals surface area contributed by atoms with Crippen LogP contribution in [-0.4, -0.2) is 19.9 Å². The minimum atomic E-state index is 0.421. The van der Waals surface area contributed by atoms with E-state index in [4.69, 9.17) is 5.73 Å². The summed E-state index contributed by atoms with van der Waals surface area (Å²) in [7, 11) is 0. The molecule has 0 aliphatic rings. The van der Waals surface area contributed by atoms with Crippen LogP contribution in [0.15, 0.2) is 48.7 Å². The summed E-state index contributed by atoms with van der Waals surface area (Å²) in [6.45, 7) is 1.83. The van der Waals surface area contributed by atoms with Gasteiger partial charge in [-0.05, 0) is 13.0 Å². The van der Waals surface area contributed by atoms with Gasteiger partial charge in [-0.2, -0.15) is 0 Å². The Morgan fingerprint density at radius 3 is 2.45 bits per heavy atom. The van der Waals surface area contributed by atoms with Gasteiger partial charge in [0, 0.05) is 17.8 Å². The van der Waals surface area contributed by atoms with Crippen molar-refractivity contribution in [1.82, 2.24) is 19.9 Å². The van der Waals surface area contributed by atoms with Crippen molar-refractivity contribution in [1.29, 1.82) is 0 Å². The van der Waals surface area contributed by atoms with E-state index in [1.54, 1.807) is 18.3 Å². The summed E-state index contributed by atoms with van der Waals surface area (Å²) >= 11 is 0. The van der Waals surface area contributed by atoms with Gasteiger partial charge in [-0.1, -0.05) is 30.3 Å². The predicted octanol–water partition coefficient (Wildman–Crippen LogP) is 2.49. The van der Waals surface area contributed by atoms with Crippen LogP contribution >= 0.6 is 0 Å². The molecule has 2 heterocycles. The smallest absolute Gasteiger partial charge is 0.180 e. The van der Waals surface area contributed by atoms with Gasteiger partial charge in [-0.15, -0.1) is 0 Å². The molecule has 5 heteroatoms. The lowest BCUT2D eigenvalue weighted by Gasteiger charge is -2.06. The molecule has 3 aromatic rings. The SMILES string of the molecule is Cc1nccc(-c2nc(N)cc(-c3ccccc3)n2)n1. The molecule has 1 aromatic carbocycles. The lowest BCUT2D eigenvalue weighted by atomic mass is 10.1. The normalized spacial score (nSPS) is 10.4. The van der Waals surface area contributed by atoms with Gasteiger partial charge >= 0.3 is 0 Å². The second-order valence-corrected chi connectivity index (χ2v) is 4.36. The standard InChI is InChI=1S/C15H13N5/c1-10-17-8-7-12(18-10)15-19-13(9-14(16)20-15)11-5-3-2-4-6-11/h2-9H,1H3,(H2,16,19,20). The fraction of sp³-hybridized carbons (Fsp3) is 0.0667. The van der Waals surface area contributed by atoms with Crippen LogP contribution in [0.25, 0.3) is 22.8 Å². The van der Waals surface area contributed by atoms with E-state index in [0.29, 0.717) is 23.2 Å². The lowest BCUT2D eigenvalue weighted by molar-refractivity contribution is 1.04. The molecule has 0 spiro atoms. The van der Waals surface area contributed by atoms with Crippen LogP contribution in [0.5, 0.6) is 0 Å². The maximum atomic E-state index is 5.88.